The molecule has 2 unspecified atom stereocenters. The predicted molar refractivity (Wildman–Crippen MR) is 185 cm³/mol. The van der Waals surface area contributed by atoms with Crippen molar-refractivity contribution in [2.24, 2.45) is 22.7 Å². The number of hydrogen-bond donors (Lipinski definition) is 0. The second-order valence-electron chi connectivity index (χ2n) is 12.9. The molecule has 41 heavy (non-hydrogen) atoms. The summed E-state index contributed by atoms with van der Waals surface area (Å²) in [7, 11) is 0. The summed E-state index contributed by atoms with van der Waals surface area (Å²) in [6.45, 7) is 24.7. The summed E-state index contributed by atoms with van der Waals surface area (Å²) in [6, 6.07) is 36.7. The van der Waals surface area contributed by atoms with Crippen LogP contribution in [0.15, 0.2) is 103 Å². The molecule has 220 valence electrons. The van der Waals surface area contributed by atoms with E-state index in [4.69, 9.17) is 0 Å². The summed E-state index contributed by atoms with van der Waals surface area (Å²) in [4.78, 5) is 0. The van der Waals surface area contributed by atoms with E-state index in [-0.39, 0.29) is 0 Å². The van der Waals surface area contributed by atoms with Crippen molar-refractivity contribution in [3.05, 3.63) is 109 Å². The zero-order valence-corrected chi connectivity index (χ0v) is 27.9. The van der Waals surface area contributed by atoms with Crippen molar-refractivity contribution >= 4 is 0 Å². The quantitative estimate of drug-likeness (QED) is 0.238. The Bertz CT molecular complexity index is 1230. The molecule has 0 heteroatoms. The van der Waals surface area contributed by atoms with Crippen LogP contribution < -0.4 is 0 Å². The molecule has 0 radical (unpaired) electrons. The van der Waals surface area contributed by atoms with Crippen LogP contribution in [0.25, 0.3) is 33.4 Å². The standard InChI is InChI=1S/C25H20.C11H22.C3H8.C2H6/c1-19-9-8-14-22(15-19)25-17-23(20-10-4-2-5-11-20)16-24(18-25)21-12-6-3-7-13-21;1-8-7-9(8)11(5,6)10(2,3)4;1-3-2;1-2/h2-18H,1H3;8-9H,7H2,1-6H3;3H2,1-2H3;1-2H3. The fraction of sp³-hybridized carbons (Fsp3) is 0.415. The smallest absolute Gasteiger partial charge is 0.0172 e. The van der Waals surface area contributed by atoms with E-state index < -0.39 is 0 Å². The summed E-state index contributed by atoms with van der Waals surface area (Å²) in [5.74, 6) is 1.95. The molecule has 0 spiro atoms. The molecule has 0 nitrogen and oxygen atoms in total. The summed E-state index contributed by atoms with van der Waals surface area (Å²) >= 11 is 0. The van der Waals surface area contributed by atoms with E-state index >= 15 is 0 Å². The number of rotatable bonds is 4. The van der Waals surface area contributed by atoms with Crippen LogP contribution in [0.2, 0.25) is 0 Å². The predicted octanol–water partition coefficient (Wildman–Crippen LogP) is 13.2. The fourth-order valence-electron chi connectivity index (χ4n) is 5.10. The third-order valence-electron chi connectivity index (χ3n) is 8.47. The molecule has 4 aromatic rings. The van der Waals surface area contributed by atoms with E-state index in [1.807, 2.05) is 13.8 Å². The second kappa shape index (κ2) is 15.8. The van der Waals surface area contributed by atoms with Gasteiger partial charge in [0.05, 0.1) is 0 Å². The molecule has 4 aromatic carbocycles. The van der Waals surface area contributed by atoms with Crippen molar-refractivity contribution in [3.8, 4) is 33.4 Å². The average molecular weight is 549 g/mol. The van der Waals surface area contributed by atoms with Gasteiger partial charge in [0.15, 0.2) is 0 Å². The van der Waals surface area contributed by atoms with Gasteiger partial charge in [-0.1, -0.05) is 166 Å². The summed E-state index contributed by atoms with van der Waals surface area (Å²) in [5, 5.41) is 0. The Morgan fingerprint density at radius 1 is 0.561 bits per heavy atom. The Balaban J connectivity index is 0.000000307. The first kappa shape index (κ1) is 34.1. The highest BCUT2D eigenvalue weighted by Crippen LogP contribution is 2.57. The Morgan fingerprint density at radius 2 is 0.927 bits per heavy atom. The maximum absolute atomic E-state index is 2.42. The van der Waals surface area contributed by atoms with Crippen LogP contribution in [0.1, 0.15) is 87.6 Å². The van der Waals surface area contributed by atoms with Gasteiger partial charge in [-0.05, 0) is 87.6 Å². The van der Waals surface area contributed by atoms with E-state index in [9.17, 15) is 0 Å². The average Bonchev–Trinajstić information content (AvgIpc) is 3.72. The maximum Gasteiger partial charge on any atom is -0.0172 e. The van der Waals surface area contributed by atoms with Gasteiger partial charge < -0.3 is 0 Å². The van der Waals surface area contributed by atoms with Gasteiger partial charge in [0.25, 0.3) is 0 Å². The fourth-order valence-corrected chi connectivity index (χ4v) is 5.10. The highest BCUT2D eigenvalue weighted by Gasteiger charge is 2.49. The van der Waals surface area contributed by atoms with Crippen molar-refractivity contribution < 1.29 is 0 Å². The van der Waals surface area contributed by atoms with Crippen LogP contribution in [0, 0.1) is 29.6 Å². The highest BCUT2D eigenvalue weighted by molar-refractivity contribution is 5.81. The second-order valence-corrected chi connectivity index (χ2v) is 12.9. The molecule has 2 atom stereocenters. The SMILES string of the molecule is CC.CC1CC1C(C)(C)C(C)(C)C.CCC.Cc1cccc(-c2cc(-c3ccccc3)cc(-c3ccccc3)c2)c1. The van der Waals surface area contributed by atoms with Gasteiger partial charge in [0.2, 0.25) is 0 Å². The first-order valence-corrected chi connectivity index (χ1v) is 15.8. The lowest BCUT2D eigenvalue weighted by Gasteiger charge is -2.39. The summed E-state index contributed by atoms with van der Waals surface area (Å²) in [5.41, 5.74) is 9.76. The molecule has 1 aliphatic rings. The lowest BCUT2D eigenvalue weighted by atomic mass is 9.66. The highest BCUT2D eigenvalue weighted by atomic mass is 14.5. The Hall–Kier alpha value is -3.12. The van der Waals surface area contributed by atoms with Crippen LogP contribution in [0.3, 0.4) is 0 Å². The number of hydrogen-bond acceptors (Lipinski definition) is 0. The molecule has 0 saturated heterocycles. The lowest BCUT2D eigenvalue weighted by Crippen LogP contribution is -2.32. The third-order valence-corrected chi connectivity index (χ3v) is 8.47. The minimum Gasteiger partial charge on any atom is -0.0683 e. The van der Waals surface area contributed by atoms with Gasteiger partial charge in [-0.2, -0.15) is 0 Å². The maximum atomic E-state index is 2.42. The van der Waals surface area contributed by atoms with E-state index in [1.165, 1.54) is 51.8 Å². The van der Waals surface area contributed by atoms with Crippen molar-refractivity contribution in [3.63, 3.8) is 0 Å². The van der Waals surface area contributed by atoms with E-state index in [0.717, 1.165) is 11.8 Å². The van der Waals surface area contributed by atoms with Crippen LogP contribution in [-0.4, -0.2) is 0 Å². The first-order chi connectivity index (χ1) is 19.5. The first-order valence-electron chi connectivity index (χ1n) is 15.8. The van der Waals surface area contributed by atoms with Crippen LogP contribution in [-0.2, 0) is 0 Å². The van der Waals surface area contributed by atoms with Gasteiger partial charge >= 0.3 is 0 Å². The zero-order valence-electron chi connectivity index (χ0n) is 27.9. The van der Waals surface area contributed by atoms with E-state index in [0.29, 0.717) is 10.8 Å². The molecular weight excluding hydrogens is 492 g/mol. The molecule has 0 heterocycles. The summed E-state index contributed by atoms with van der Waals surface area (Å²) in [6.07, 6.45) is 2.70. The van der Waals surface area contributed by atoms with Gasteiger partial charge in [-0.25, -0.2) is 0 Å². The molecule has 0 aliphatic heterocycles. The minimum atomic E-state index is 0.461. The van der Waals surface area contributed by atoms with E-state index in [2.05, 4.69) is 165 Å². The largest absolute Gasteiger partial charge is 0.0683 e. The minimum absolute atomic E-state index is 0.461. The molecule has 1 fully saturated rings. The van der Waals surface area contributed by atoms with Gasteiger partial charge in [-0.3, -0.25) is 0 Å². The number of aryl methyl sites for hydroxylation is 1. The molecule has 0 amide bonds. The Labute approximate surface area is 253 Å². The molecule has 1 saturated carbocycles. The van der Waals surface area contributed by atoms with Crippen molar-refractivity contribution in [1.82, 2.24) is 0 Å². The molecule has 1 aliphatic carbocycles. The summed E-state index contributed by atoms with van der Waals surface area (Å²) < 4.78 is 0. The molecule has 0 aromatic heterocycles. The van der Waals surface area contributed by atoms with Gasteiger partial charge in [-0.15, -0.1) is 0 Å². The van der Waals surface area contributed by atoms with Crippen LogP contribution in [0.4, 0.5) is 0 Å². The normalized spacial score (nSPS) is 15.7. The molecule has 0 N–H and O–H groups in total. The van der Waals surface area contributed by atoms with Crippen molar-refractivity contribution in [2.45, 2.75) is 89.0 Å². The zero-order chi connectivity index (χ0) is 30.6. The Kier molecular flexibility index (Phi) is 13.1. The number of benzene rings is 4. The van der Waals surface area contributed by atoms with Crippen molar-refractivity contribution in [1.29, 1.82) is 0 Å². The molecule has 0 bridgehead atoms. The van der Waals surface area contributed by atoms with E-state index in [1.54, 1.807) is 0 Å². The van der Waals surface area contributed by atoms with Gasteiger partial charge in [0.1, 0.15) is 0 Å². The third kappa shape index (κ3) is 9.74. The van der Waals surface area contributed by atoms with Crippen molar-refractivity contribution in [2.75, 3.05) is 0 Å². The molecular formula is C41H56. The Morgan fingerprint density at radius 3 is 1.24 bits per heavy atom. The lowest BCUT2D eigenvalue weighted by molar-refractivity contribution is 0.0971. The van der Waals surface area contributed by atoms with Crippen LogP contribution in [0.5, 0.6) is 0 Å². The van der Waals surface area contributed by atoms with Gasteiger partial charge in [0, 0.05) is 0 Å². The topological polar surface area (TPSA) is 0 Å². The monoisotopic (exact) mass is 548 g/mol. The van der Waals surface area contributed by atoms with Crippen LogP contribution >= 0.6 is 0 Å². The molecule has 5 rings (SSSR count).